The fraction of sp³-hybridized carbons (Fsp3) is 0.200. The number of thiophene rings is 1. The van der Waals surface area contributed by atoms with Gasteiger partial charge >= 0.3 is 5.97 Å². The Labute approximate surface area is 126 Å². The number of carbonyl (C=O) groups is 2. The van der Waals surface area contributed by atoms with Crippen LogP contribution in [0.1, 0.15) is 15.2 Å². The van der Waals surface area contributed by atoms with Crippen molar-refractivity contribution in [1.29, 1.82) is 0 Å². The summed E-state index contributed by atoms with van der Waals surface area (Å²) < 4.78 is 4.74. The van der Waals surface area contributed by atoms with Crippen LogP contribution >= 0.6 is 11.3 Å². The average Bonchev–Trinajstić information content (AvgIpc) is 2.76. The molecule has 0 spiro atoms. The molecule has 0 aliphatic heterocycles. The SMILES string of the molecule is COCC(=O)Nc1sc(C)c(-c2ccccc2)c1C(=O)O. The Morgan fingerprint density at radius 3 is 2.52 bits per heavy atom. The monoisotopic (exact) mass is 305 g/mol. The van der Waals surface area contributed by atoms with Gasteiger partial charge in [-0.2, -0.15) is 0 Å². The maximum absolute atomic E-state index is 11.6. The summed E-state index contributed by atoms with van der Waals surface area (Å²) in [6.07, 6.45) is 0. The van der Waals surface area contributed by atoms with Gasteiger partial charge in [0.2, 0.25) is 0 Å². The van der Waals surface area contributed by atoms with E-state index in [0.29, 0.717) is 10.6 Å². The van der Waals surface area contributed by atoms with E-state index in [1.54, 1.807) is 0 Å². The number of carbonyl (C=O) groups excluding carboxylic acids is 1. The minimum Gasteiger partial charge on any atom is -0.478 e. The van der Waals surface area contributed by atoms with Crippen LogP contribution in [0.3, 0.4) is 0 Å². The Bertz CT molecular complexity index is 664. The number of benzene rings is 1. The molecule has 0 radical (unpaired) electrons. The zero-order chi connectivity index (χ0) is 15.4. The number of carboxylic acid groups (broad SMARTS) is 1. The van der Waals surface area contributed by atoms with E-state index in [9.17, 15) is 14.7 Å². The van der Waals surface area contributed by atoms with E-state index in [1.807, 2.05) is 37.3 Å². The van der Waals surface area contributed by atoms with Gasteiger partial charge in [0.05, 0.1) is 0 Å². The molecular formula is C15H15NO4S. The van der Waals surface area contributed by atoms with E-state index in [-0.39, 0.29) is 18.1 Å². The lowest BCUT2D eigenvalue weighted by atomic mass is 10.0. The summed E-state index contributed by atoms with van der Waals surface area (Å²) in [5, 5.41) is 12.4. The number of amides is 1. The summed E-state index contributed by atoms with van der Waals surface area (Å²) in [5.74, 6) is -1.44. The highest BCUT2D eigenvalue weighted by atomic mass is 32.1. The lowest BCUT2D eigenvalue weighted by molar-refractivity contribution is -0.119. The quantitative estimate of drug-likeness (QED) is 0.890. The Kier molecular flexibility index (Phi) is 4.72. The Balaban J connectivity index is 2.49. The molecule has 1 heterocycles. The molecule has 0 atom stereocenters. The molecule has 21 heavy (non-hydrogen) atoms. The largest absolute Gasteiger partial charge is 0.478 e. The molecule has 0 unspecified atom stereocenters. The van der Waals surface area contributed by atoms with Crippen molar-refractivity contribution in [3.63, 3.8) is 0 Å². The average molecular weight is 305 g/mol. The van der Waals surface area contributed by atoms with Crippen molar-refractivity contribution >= 4 is 28.2 Å². The minimum atomic E-state index is -1.06. The van der Waals surface area contributed by atoms with Crippen LogP contribution in [0.25, 0.3) is 11.1 Å². The van der Waals surface area contributed by atoms with Crippen LogP contribution in [0.4, 0.5) is 5.00 Å². The van der Waals surface area contributed by atoms with E-state index >= 15 is 0 Å². The number of hydrogen-bond acceptors (Lipinski definition) is 4. The lowest BCUT2D eigenvalue weighted by Gasteiger charge is -2.05. The molecule has 1 amide bonds. The summed E-state index contributed by atoms with van der Waals surface area (Å²) in [6, 6.07) is 9.26. The van der Waals surface area contributed by atoms with Crippen LogP contribution in [0, 0.1) is 6.92 Å². The van der Waals surface area contributed by atoms with Gasteiger partial charge in [0.1, 0.15) is 17.2 Å². The van der Waals surface area contributed by atoms with Gasteiger partial charge < -0.3 is 15.2 Å². The van der Waals surface area contributed by atoms with Crippen LogP contribution in [-0.2, 0) is 9.53 Å². The second kappa shape index (κ2) is 6.51. The summed E-state index contributed by atoms with van der Waals surface area (Å²) in [7, 11) is 1.41. The van der Waals surface area contributed by atoms with Gasteiger partial charge in [0.15, 0.2) is 0 Å². The van der Waals surface area contributed by atoms with E-state index < -0.39 is 5.97 Å². The normalized spacial score (nSPS) is 10.4. The molecule has 5 nitrogen and oxygen atoms in total. The number of carboxylic acids is 1. The molecule has 2 rings (SSSR count). The fourth-order valence-electron chi connectivity index (χ4n) is 2.08. The highest BCUT2D eigenvalue weighted by Crippen LogP contribution is 2.39. The van der Waals surface area contributed by atoms with E-state index in [0.717, 1.165) is 10.4 Å². The molecule has 0 fully saturated rings. The van der Waals surface area contributed by atoms with E-state index in [1.165, 1.54) is 18.4 Å². The lowest BCUT2D eigenvalue weighted by Crippen LogP contribution is -2.18. The molecule has 1 aromatic carbocycles. The molecule has 6 heteroatoms. The van der Waals surface area contributed by atoms with Crippen LogP contribution in [0.2, 0.25) is 0 Å². The number of methoxy groups -OCH3 is 1. The van der Waals surface area contributed by atoms with Crippen molar-refractivity contribution in [2.45, 2.75) is 6.92 Å². The molecule has 110 valence electrons. The molecule has 2 aromatic rings. The topological polar surface area (TPSA) is 75.6 Å². The van der Waals surface area contributed by atoms with Crippen molar-refractivity contribution in [3.05, 3.63) is 40.8 Å². The third-order valence-electron chi connectivity index (χ3n) is 2.89. The van der Waals surface area contributed by atoms with Crippen molar-refractivity contribution in [2.24, 2.45) is 0 Å². The molecule has 0 bridgehead atoms. The van der Waals surface area contributed by atoms with E-state index in [4.69, 9.17) is 4.74 Å². The second-order valence-electron chi connectivity index (χ2n) is 4.39. The van der Waals surface area contributed by atoms with Gasteiger partial charge in [-0.3, -0.25) is 4.79 Å². The first-order valence-corrected chi connectivity index (χ1v) is 7.07. The number of nitrogens with one attached hydrogen (secondary N) is 1. The van der Waals surface area contributed by atoms with Crippen LogP contribution in [-0.4, -0.2) is 30.7 Å². The first kappa shape index (κ1) is 15.2. The van der Waals surface area contributed by atoms with Crippen molar-refractivity contribution < 1.29 is 19.4 Å². The Morgan fingerprint density at radius 2 is 1.95 bits per heavy atom. The third-order valence-corrected chi connectivity index (χ3v) is 3.91. The smallest absolute Gasteiger partial charge is 0.339 e. The van der Waals surface area contributed by atoms with Crippen LogP contribution < -0.4 is 5.32 Å². The Hall–Kier alpha value is -2.18. The number of aryl methyl sites for hydroxylation is 1. The van der Waals surface area contributed by atoms with Crippen LogP contribution in [0.5, 0.6) is 0 Å². The number of hydrogen-bond donors (Lipinski definition) is 2. The van der Waals surface area contributed by atoms with Gasteiger partial charge in [-0.15, -0.1) is 11.3 Å². The summed E-state index contributed by atoms with van der Waals surface area (Å²) >= 11 is 1.25. The number of anilines is 1. The highest BCUT2D eigenvalue weighted by molar-refractivity contribution is 7.17. The standard InChI is InChI=1S/C15H15NO4S/c1-9-12(10-6-4-3-5-7-10)13(15(18)19)14(21-9)16-11(17)8-20-2/h3-7H,8H2,1-2H3,(H,16,17)(H,18,19). The number of ether oxygens (including phenoxy) is 1. The van der Waals surface area contributed by atoms with Crippen molar-refractivity contribution in [3.8, 4) is 11.1 Å². The number of rotatable bonds is 5. The maximum atomic E-state index is 11.6. The summed E-state index contributed by atoms with van der Waals surface area (Å²) in [4.78, 5) is 24.1. The fourth-order valence-corrected chi connectivity index (χ4v) is 3.17. The van der Waals surface area contributed by atoms with Crippen LogP contribution in [0.15, 0.2) is 30.3 Å². The maximum Gasteiger partial charge on any atom is 0.339 e. The third kappa shape index (κ3) is 3.29. The molecule has 2 N–H and O–H groups in total. The van der Waals surface area contributed by atoms with Gasteiger partial charge in [-0.25, -0.2) is 4.79 Å². The highest BCUT2D eigenvalue weighted by Gasteiger charge is 2.23. The molecule has 1 aromatic heterocycles. The minimum absolute atomic E-state index is 0.114. The van der Waals surface area contributed by atoms with E-state index in [2.05, 4.69) is 5.32 Å². The molecule has 0 saturated carbocycles. The van der Waals surface area contributed by atoms with Crippen molar-refractivity contribution in [2.75, 3.05) is 19.0 Å². The van der Waals surface area contributed by atoms with Gasteiger partial charge in [-0.05, 0) is 12.5 Å². The zero-order valence-corrected chi connectivity index (χ0v) is 12.5. The summed E-state index contributed by atoms with van der Waals surface area (Å²) in [6.45, 7) is 1.72. The predicted molar refractivity (Wildman–Crippen MR) is 82.0 cm³/mol. The first-order chi connectivity index (χ1) is 10.0. The second-order valence-corrected chi connectivity index (χ2v) is 5.61. The molecule has 0 aliphatic carbocycles. The molecular weight excluding hydrogens is 290 g/mol. The Morgan fingerprint density at radius 1 is 1.29 bits per heavy atom. The van der Waals surface area contributed by atoms with Crippen molar-refractivity contribution in [1.82, 2.24) is 0 Å². The molecule has 0 saturated heterocycles. The zero-order valence-electron chi connectivity index (χ0n) is 11.7. The molecule has 0 aliphatic rings. The predicted octanol–water partition coefficient (Wildman–Crippen LogP) is 3.01. The van der Waals surface area contributed by atoms with Gasteiger partial charge in [0.25, 0.3) is 5.91 Å². The first-order valence-electron chi connectivity index (χ1n) is 6.25. The summed E-state index contributed by atoms with van der Waals surface area (Å²) in [5.41, 5.74) is 1.57. The van der Waals surface area contributed by atoms with Gasteiger partial charge in [0, 0.05) is 17.6 Å². The number of aromatic carboxylic acids is 1. The van der Waals surface area contributed by atoms with Gasteiger partial charge in [-0.1, -0.05) is 30.3 Å².